The van der Waals surface area contributed by atoms with Crippen LogP contribution in [-0.4, -0.2) is 6.71 Å². The Kier molecular flexibility index (Phi) is 10.7. The van der Waals surface area contributed by atoms with E-state index in [0.717, 1.165) is 22.7 Å². The number of hydrogen-bond acceptors (Lipinski definition) is 3. The molecule has 0 saturated heterocycles. The Bertz CT molecular complexity index is 3570. The first-order valence-corrected chi connectivity index (χ1v) is 26.3. The van der Waals surface area contributed by atoms with Crippen LogP contribution >= 0.6 is 0 Å². The molecule has 9 aromatic carbocycles. The van der Waals surface area contributed by atoms with Gasteiger partial charge in [0.15, 0.2) is 0 Å². The Morgan fingerprint density at radius 2 is 0.918 bits per heavy atom. The van der Waals surface area contributed by atoms with Crippen LogP contribution in [0.15, 0.2) is 200 Å². The third-order valence-corrected chi connectivity index (χ3v) is 16.1. The highest BCUT2D eigenvalue weighted by Crippen LogP contribution is 2.53. The van der Waals surface area contributed by atoms with Crippen LogP contribution < -0.4 is 31.1 Å². The normalized spacial score (nSPS) is 14.3. The van der Waals surface area contributed by atoms with Gasteiger partial charge < -0.3 is 14.7 Å². The summed E-state index contributed by atoms with van der Waals surface area (Å²) in [5, 5.41) is 0. The highest BCUT2D eigenvalue weighted by atomic mass is 15.2. The molecule has 360 valence electrons. The van der Waals surface area contributed by atoms with Crippen LogP contribution in [0.4, 0.5) is 51.2 Å². The van der Waals surface area contributed by atoms with Crippen molar-refractivity contribution < 1.29 is 0 Å². The van der Waals surface area contributed by atoms with Gasteiger partial charge in [-0.1, -0.05) is 197 Å². The van der Waals surface area contributed by atoms with E-state index in [-0.39, 0.29) is 28.4 Å². The number of benzene rings is 9. The lowest BCUT2D eigenvalue weighted by Crippen LogP contribution is -2.61. The minimum absolute atomic E-state index is 0.0364. The molecule has 9 aromatic rings. The minimum atomic E-state index is -0.179. The van der Waals surface area contributed by atoms with Gasteiger partial charge in [0.2, 0.25) is 0 Å². The van der Waals surface area contributed by atoms with E-state index in [1.54, 1.807) is 0 Å². The molecule has 0 atom stereocenters. The molecular weight excluding hydrogens is 882 g/mol. The van der Waals surface area contributed by atoms with Gasteiger partial charge in [-0.05, 0) is 156 Å². The molecular formula is C69H66BN3. The van der Waals surface area contributed by atoms with Crippen molar-refractivity contribution >= 4 is 74.3 Å². The van der Waals surface area contributed by atoms with E-state index >= 15 is 0 Å². The minimum Gasteiger partial charge on any atom is -0.311 e. The highest BCUT2D eigenvalue weighted by Gasteiger charge is 2.46. The lowest BCUT2D eigenvalue weighted by atomic mass is 9.33. The zero-order valence-corrected chi connectivity index (χ0v) is 44.5. The van der Waals surface area contributed by atoms with Crippen molar-refractivity contribution in [2.75, 3.05) is 14.7 Å². The summed E-state index contributed by atoms with van der Waals surface area (Å²) < 4.78 is 0. The second-order valence-electron chi connectivity index (χ2n) is 24.3. The van der Waals surface area contributed by atoms with Crippen molar-refractivity contribution in [1.82, 2.24) is 0 Å². The van der Waals surface area contributed by atoms with Crippen molar-refractivity contribution in [2.24, 2.45) is 0 Å². The molecule has 0 aromatic heterocycles. The summed E-state index contributed by atoms with van der Waals surface area (Å²) in [6.07, 6.45) is 0. The monoisotopic (exact) mass is 948 g/mol. The third-order valence-electron chi connectivity index (χ3n) is 16.1. The van der Waals surface area contributed by atoms with Crippen molar-refractivity contribution in [3.63, 3.8) is 0 Å². The summed E-state index contributed by atoms with van der Waals surface area (Å²) in [7, 11) is 0. The Morgan fingerprint density at radius 1 is 0.370 bits per heavy atom. The quantitative estimate of drug-likeness (QED) is 0.154. The van der Waals surface area contributed by atoms with E-state index in [2.05, 4.69) is 291 Å². The highest BCUT2D eigenvalue weighted by molar-refractivity contribution is 7.00. The molecule has 0 amide bonds. The Labute approximate surface area is 434 Å². The molecule has 0 N–H and O–H groups in total. The summed E-state index contributed by atoms with van der Waals surface area (Å²) in [5.41, 5.74) is 25.8. The van der Waals surface area contributed by atoms with E-state index in [9.17, 15) is 0 Å². The van der Waals surface area contributed by atoms with E-state index in [1.165, 1.54) is 94.9 Å². The summed E-state index contributed by atoms with van der Waals surface area (Å²) in [5.74, 6) is 0. The molecule has 0 spiro atoms. The van der Waals surface area contributed by atoms with Crippen molar-refractivity contribution in [2.45, 2.75) is 97.8 Å². The van der Waals surface area contributed by atoms with Gasteiger partial charge in [-0.3, -0.25) is 0 Å². The molecule has 0 fully saturated rings. The van der Waals surface area contributed by atoms with E-state index < -0.39 is 0 Å². The molecule has 0 bridgehead atoms. The first kappa shape index (κ1) is 46.5. The van der Waals surface area contributed by atoms with Gasteiger partial charge in [0.25, 0.3) is 6.71 Å². The van der Waals surface area contributed by atoms with E-state index in [0.29, 0.717) is 0 Å². The second kappa shape index (κ2) is 16.8. The predicted octanol–water partition coefficient (Wildman–Crippen LogP) is 17.1. The van der Waals surface area contributed by atoms with E-state index in [4.69, 9.17) is 0 Å². The average Bonchev–Trinajstić information content (AvgIpc) is 3.61. The van der Waals surface area contributed by atoms with Crippen LogP contribution in [0.2, 0.25) is 0 Å². The molecule has 0 unspecified atom stereocenters. The number of rotatable bonds is 6. The topological polar surface area (TPSA) is 9.72 Å². The van der Waals surface area contributed by atoms with Crippen LogP contribution in [0.25, 0.3) is 22.3 Å². The molecule has 3 nitrogen and oxygen atoms in total. The molecule has 1 aliphatic carbocycles. The fourth-order valence-corrected chi connectivity index (χ4v) is 12.0. The first-order valence-electron chi connectivity index (χ1n) is 26.3. The number of nitrogens with zero attached hydrogens (tertiary/aromatic N) is 3. The maximum absolute atomic E-state index is 2.63. The smallest absolute Gasteiger partial charge is 0.252 e. The van der Waals surface area contributed by atoms with Crippen LogP contribution in [0, 0.1) is 0 Å². The predicted molar refractivity (Wildman–Crippen MR) is 314 cm³/mol. The van der Waals surface area contributed by atoms with Gasteiger partial charge in [0.05, 0.1) is 5.69 Å². The lowest BCUT2D eigenvalue weighted by Gasteiger charge is -2.46. The summed E-state index contributed by atoms with van der Waals surface area (Å²) in [6.45, 7) is 25.9. The third kappa shape index (κ3) is 7.63. The SMILES string of the molecule is CC(C)(C)c1ccc2c(c1)B1c3ccc(N(c4ccccc4)c4ccccc4)cc3N(c3ccc4c(c3)C(C)(C)c3ccccc3-4)c3cc(C(C)(C)C)cc(c31)N2c1ccc(C(C)(C)C)cc1-c1ccccc1. The van der Waals surface area contributed by atoms with Crippen LogP contribution in [0.5, 0.6) is 0 Å². The van der Waals surface area contributed by atoms with Gasteiger partial charge >= 0.3 is 0 Å². The zero-order chi connectivity index (χ0) is 50.8. The van der Waals surface area contributed by atoms with E-state index in [1.807, 2.05) is 0 Å². The van der Waals surface area contributed by atoms with Gasteiger partial charge in [-0.15, -0.1) is 0 Å². The second-order valence-corrected chi connectivity index (χ2v) is 24.3. The van der Waals surface area contributed by atoms with Crippen LogP contribution in [-0.2, 0) is 21.7 Å². The lowest BCUT2D eigenvalue weighted by molar-refractivity contribution is 0.590. The standard InChI is InChI=1S/C69H66BN3/c1-66(2,3)46-31-37-60(55(39-46)45-23-15-12-16-24-45)73-61-38-32-47(67(4,5)6)40-59(61)70-58-36-34-52(71(49-25-17-13-18-26-49)50-27-19-14-20-28-50)44-62(58)72(63-41-48(68(7,8)9)42-64(73)65(63)70)51-33-35-54-53-29-21-22-30-56(53)69(10,11)57(54)43-51/h12-44H,1-11H3. The van der Waals surface area contributed by atoms with Crippen molar-refractivity contribution in [3.8, 4) is 22.3 Å². The molecule has 12 rings (SSSR count). The maximum Gasteiger partial charge on any atom is 0.252 e. The first-order chi connectivity index (χ1) is 34.9. The molecule has 3 aliphatic rings. The molecule has 2 aliphatic heterocycles. The fourth-order valence-electron chi connectivity index (χ4n) is 12.0. The number of para-hydroxylation sites is 2. The number of hydrogen-bond donors (Lipinski definition) is 0. The molecule has 0 saturated carbocycles. The molecule has 73 heavy (non-hydrogen) atoms. The van der Waals surface area contributed by atoms with Crippen molar-refractivity contribution in [3.05, 3.63) is 228 Å². The van der Waals surface area contributed by atoms with Crippen molar-refractivity contribution in [1.29, 1.82) is 0 Å². The van der Waals surface area contributed by atoms with Crippen LogP contribution in [0.1, 0.15) is 104 Å². The summed E-state index contributed by atoms with van der Waals surface area (Å²) in [4.78, 5) is 7.68. The fraction of sp³-hybridized carbons (Fsp3) is 0.217. The Hall–Kier alpha value is -7.56. The van der Waals surface area contributed by atoms with Gasteiger partial charge in [-0.25, -0.2) is 0 Å². The Balaban J connectivity index is 1.20. The van der Waals surface area contributed by atoms with Gasteiger partial charge in [0, 0.05) is 56.5 Å². The molecule has 2 heterocycles. The largest absolute Gasteiger partial charge is 0.311 e. The summed E-state index contributed by atoms with van der Waals surface area (Å²) in [6, 6.07) is 76.0. The van der Waals surface area contributed by atoms with Gasteiger partial charge in [-0.2, -0.15) is 0 Å². The zero-order valence-electron chi connectivity index (χ0n) is 44.5. The Morgan fingerprint density at radius 3 is 1.55 bits per heavy atom. The van der Waals surface area contributed by atoms with Gasteiger partial charge in [0.1, 0.15) is 0 Å². The van der Waals surface area contributed by atoms with Crippen LogP contribution in [0.3, 0.4) is 0 Å². The number of fused-ring (bicyclic) bond motifs is 7. The summed E-state index contributed by atoms with van der Waals surface area (Å²) >= 11 is 0. The number of anilines is 9. The molecule has 0 radical (unpaired) electrons. The maximum atomic E-state index is 2.63. The average molecular weight is 948 g/mol. The molecule has 4 heteroatoms.